The third kappa shape index (κ3) is 4.58. The number of aryl methyl sites for hydroxylation is 1. The van der Waals surface area contributed by atoms with Crippen LogP contribution in [0.3, 0.4) is 0 Å². The van der Waals surface area contributed by atoms with E-state index in [9.17, 15) is 4.79 Å². The number of amides is 1. The lowest BCUT2D eigenvalue weighted by Crippen LogP contribution is -2.52. The van der Waals surface area contributed by atoms with Crippen molar-refractivity contribution in [2.45, 2.75) is 38.6 Å². The van der Waals surface area contributed by atoms with Crippen LogP contribution in [0.15, 0.2) is 36.7 Å². The monoisotopic (exact) mass is 345 g/mol. The molecule has 7 nitrogen and oxygen atoms in total. The van der Waals surface area contributed by atoms with Crippen LogP contribution in [0.2, 0.25) is 0 Å². The Balaban J connectivity index is 1.60. The molecular formula is C18H23N3O4. The van der Waals surface area contributed by atoms with Crippen molar-refractivity contribution in [2.75, 3.05) is 13.2 Å². The number of rotatable bonds is 6. The average Bonchev–Trinajstić information content (AvgIpc) is 3.02. The van der Waals surface area contributed by atoms with Gasteiger partial charge in [0.2, 0.25) is 5.91 Å². The van der Waals surface area contributed by atoms with E-state index >= 15 is 0 Å². The van der Waals surface area contributed by atoms with Crippen molar-refractivity contribution >= 4 is 5.91 Å². The van der Waals surface area contributed by atoms with Gasteiger partial charge in [-0.3, -0.25) is 4.79 Å². The molecule has 1 aromatic carbocycles. The Labute approximate surface area is 146 Å². The summed E-state index contributed by atoms with van der Waals surface area (Å²) >= 11 is 0. The molecule has 25 heavy (non-hydrogen) atoms. The molecule has 3 rings (SSSR count). The minimum Gasteiger partial charge on any atom is -0.486 e. The summed E-state index contributed by atoms with van der Waals surface area (Å²) < 4.78 is 13.3. The van der Waals surface area contributed by atoms with Gasteiger partial charge < -0.3 is 24.5 Å². The van der Waals surface area contributed by atoms with E-state index in [0.717, 1.165) is 11.4 Å². The first-order chi connectivity index (χ1) is 12.2. The van der Waals surface area contributed by atoms with Crippen LogP contribution in [0.25, 0.3) is 0 Å². The maximum absolute atomic E-state index is 12.3. The van der Waals surface area contributed by atoms with Crippen molar-refractivity contribution < 1.29 is 19.4 Å². The van der Waals surface area contributed by atoms with Gasteiger partial charge in [-0.25, -0.2) is 4.98 Å². The van der Waals surface area contributed by atoms with E-state index < -0.39 is 0 Å². The number of aliphatic hydroxyl groups excluding tert-OH is 1. The lowest BCUT2D eigenvalue weighted by Gasteiger charge is -2.32. The summed E-state index contributed by atoms with van der Waals surface area (Å²) in [7, 11) is 0. The van der Waals surface area contributed by atoms with Gasteiger partial charge >= 0.3 is 0 Å². The van der Waals surface area contributed by atoms with Gasteiger partial charge in [-0.2, -0.15) is 0 Å². The molecule has 7 heteroatoms. The van der Waals surface area contributed by atoms with E-state index in [4.69, 9.17) is 14.6 Å². The lowest BCUT2D eigenvalue weighted by atomic mass is 10.1. The first kappa shape index (κ1) is 17.4. The molecule has 1 aliphatic heterocycles. The fourth-order valence-electron chi connectivity index (χ4n) is 2.82. The molecule has 0 saturated carbocycles. The molecule has 2 heterocycles. The highest BCUT2D eigenvalue weighted by Crippen LogP contribution is 2.18. The maximum atomic E-state index is 12.3. The summed E-state index contributed by atoms with van der Waals surface area (Å²) in [5, 5.41) is 12.1. The van der Waals surface area contributed by atoms with Gasteiger partial charge in [0.05, 0.1) is 19.3 Å². The highest BCUT2D eigenvalue weighted by atomic mass is 16.5. The van der Waals surface area contributed by atoms with Gasteiger partial charge in [-0.15, -0.1) is 0 Å². The van der Waals surface area contributed by atoms with Crippen molar-refractivity contribution in [3.63, 3.8) is 0 Å². The minimum atomic E-state index is -0.249. The third-order valence-electron chi connectivity index (χ3n) is 4.28. The lowest BCUT2D eigenvalue weighted by molar-refractivity contribution is -0.124. The molecule has 2 aromatic rings. The van der Waals surface area contributed by atoms with Crippen LogP contribution < -0.4 is 10.1 Å². The summed E-state index contributed by atoms with van der Waals surface area (Å²) in [6.45, 7) is 3.12. The van der Waals surface area contributed by atoms with E-state index in [-0.39, 0.29) is 31.2 Å². The number of carbonyl (C=O) groups excluding carboxylic acids is 1. The summed E-state index contributed by atoms with van der Waals surface area (Å²) in [5.74, 6) is 1.42. The number of hydrogen-bond donors (Lipinski definition) is 2. The molecule has 0 radical (unpaired) electrons. The normalized spacial score (nSPS) is 20.2. The maximum Gasteiger partial charge on any atom is 0.240 e. The number of nitrogens with zero attached hydrogens (tertiary/aromatic N) is 2. The highest BCUT2D eigenvalue weighted by molar-refractivity contribution is 5.76. The molecule has 0 spiro atoms. The number of aromatic nitrogens is 2. The van der Waals surface area contributed by atoms with Crippen molar-refractivity contribution in [2.24, 2.45) is 0 Å². The second-order valence-corrected chi connectivity index (χ2v) is 6.10. The third-order valence-corrected chi connectivity index (χ3v) is 4.28. The Morgan fingerprint density at radius 2 is 2.24 bits per heavy atom. The first-order valence-electron chi connectivity index (χ1n) is 8.37. The Bertz CT molecular complexity index is 699. The van der Waals surface area contributed by atoms with Gasteiger partial charge in [-0.05, 0) is 31.0 Å². The van der Waals surface area contributed by atoms with Crippen LogP contribution in [0.1, 0.15) is 17.8 Å². The Morgan fingerprint density at radius 1 is 1.44 bits per heavy atom. The predicted molar refractivity (Wildman–Crippen MR) is 91.1 cm³/mol. The largest absolute Gasteiger partial charge is 0.486 e. The molecule has 0 bridgehead atoms. The molecule has 2 atom stereocenters. The van der Waals surface area contributed by atoms with Crippen LogP contribution >= 0.6 is 0 Å². The number of nitrogens with one attached hydrogen (secondary N) is 1. The van der Waals surface area contributed by atoms with Crippen molar-refractivity contribution in [3.05, 3.63) is 48.0 Å². The standard InChI is InChI=1S/C18H23N3O4/c1-13-19-7-8-21(13)10-18(23)20-16-6-9-24-12-17(16)25-15-4-2-14(11-22)3-5-15/h2-5,7-8,16-17,22H,6,9-12H2,1H3,(H,20,23). The summed E-state index contributed by atoms with van der Waals surface area (Å²) in [5.41, 5.74) is 0.827. The minimum absolute atomic E-state index is 0.000825. The van der Waals surface area contributed by atoms with Crippen LogP contribution in [0, 0.1) is 6.92 Å². The zero-order valence-electron chi connectivity index (χ0n) is 14.2. The van der Waals surface area contributed by atoms with Crippen molar-refractivity contribution in [3.8, 4) is 5.75 Å². The van der Waals surface area contributed by atoms with E-state index in [1.807, 2.05) is 31.2 Å². The quantitative estimate of drug-likeness (QED) is 0.817. The number of ether oxygens (including phenoxy) is 2. The Morgan fingerprint density at radius 3 is 2.92 bits per heavy atom. The molecule has 0 aliphatic carbocycles. The summed E-state index contributed by atoms with van der Waals surface area (Å²) in [4.78, 5) is 16.5. The summed E-state index contributed by atoms with van der Waals surface area (Å²) in [6, 6.07) is 7.15. The highest BCUT2D eigenvalue weighted by Gasteiger charge is 2.29. The number of imidazole rings is 1. The van der Waals surface area contributed by atoms with Crippen LogP contribution in [-0.4, -0.2) is 45.9 Å². The smallest absolute Gasteiger partial charge is 0.240 e. The van der Waals surface area contributed by atoms with E-state index in [0.29, 0.717) is 25.4 Å². The average molecular weight is 345 g/mol. The fraction of sp³-hybridized carbons (Fsp3) is 0.444. The fourth-order valence-corrected chi connectivity index (χ4v) is 2.82. The van der Waals surface area contributed by atoms with Crippen molar-refractivity contribution in [1.82, 2.24) is 14.9 Å². The molecule has 1 fully saturated rings. The zero-order chi connectivity index (χ0) is 17.6. The van der Waals surface area contributed by atoms with Gasteiger partial charge in [0.15, 0.2) is 0 Å². The second-order valence-electron chi connectivity index (χ2n) is 6.10. The van der Waals surface area contributed by atoms with Gasteiger partial charge in [0.1, 0.15) is 24.2 Å². The van der Waals surface area contributed by atoms with E-state index in [1.165, 1.54) is 0 Å². The molecule has 1 aliphatic rings. The molecule has 1 saturated heterocycles. The zero-order valence-corrected chi connectivity index (χ0v) is 14.2. The number of benzene rings is 1. The predicted octanol–water partition coefficient (Wildman–Crippen LogP) is 1.04. The van der Waals surface area contributed by atoms with E-state index in [1.54, 1.807) is 17.0 Å². The number of aliphatic hydroxyl groups is 1. The molecule has 2 N–H and O–H groups in total. The Kier molecular flexibility index (Phi) is 5.67. The number of hydrogen-bond acceptors (Lipinski definition) is 5. The Hall–Kier alpha value is -2.38. The second kappa shape index (κ2) is 8.13. The van der Waals surface area contributed by atoms with Crippen LogP contribution in [-0.2, 0) is 22.7 Å². The first-order valence-corrected chi connectivity index (χ1v) is 8.37. The molecule has 1 aromatic heterocycles. The molecular weight excluding hydrogens is 322 g/mol. The van der Waals surface area contributed by atoms with E-state index in [2.05, 4.69) is 10.3 Å². The molecule has 2 unspecified atom stereocenters. The van der Waals surface area contributed by atoms with Gasteiger partial charge in [0.25, 0.3) is 0 Å². The molecule has 134 valence electrons. The summed E-state index contributed by atoms with van der Waals surface area (Å²) in [6.07, 6.45) is 3.92. The SMILES string of the molecule is Cc1nccn1CC(=O)NC1CCOCC1Oc1ccc(CO)cc1. The molecule has 1 amide bonds. The number of carbonyl (C=O) groups is 1. The van der Waals surface area contributed by atoms with Gasteiger partial charge in [-0.1, -0.05) is 12.1 Å². The van der Waals surface area contributed by atoms with Gasteiger partial charge in [0, 0.05) is 19.0 Å². The van der Waals surface area contributed by atoms with Crippen LogP contribution in [0.4, 0.5) is 0 Å². The van der Waals surface area contributed by atoms with Crippen molar-refractivity contribution in [1.29, 1.82) is 0 Å². The van der Waals surface area contributed by atoms with Crippen LogP contribution in [0.5, 0.6) is 5.75 Å². The topological polar surface area (TPSA) is 85.6 Å².